The highest BCUT2D eigenvalue weighted by atomic mass is 16.5. The van der Waals surface area contributed by atoms with Crippen LogP contribution < -0.4 is 10.1 Å². The van der Waals surface area contributed by atoms with Crippen LogP contribution in [0.4, 0.5) is 0 Å². The number of hydrogen-bond donors (Lipinski definition) is 1. The third-order valence-corrected chi connectivity index (χ3v) is 5.18. The van der Waals surface area contributed by atoms with Gasteiger partial charge in [0.25, 0.3) is 5.91 Å². The number of amides is 1. The van der Waals surface area contributed by atoms with E-state index >= 15 is 0 Å². The van der Waals surface area contributed by atoms with Gasteiger partial charge < -0.3 is 10.1 Å². The average Bonchev–Trinajstić information content (AvgIpc) is 2.69. The fourth-order valence-electron chi connectivity index (χ4n) is 3.50. The summed E-state index contributed by atoms with van der Waals surface area (Å²) in [6, 6.07) is 16.2. The van der Waals surface area contributed by atoms with Gasteiger partial charge in [-0.1, -0.05) is 48.9 Å². The summed E-state index contributed by atoms with van der Waals surface area (Å²) in [7, 11) is 0. The summed E-state index contributed by atoms with van der Waals surface area (Å²) in [6.45, 7) is 7.60. The van der Waals surface area contributed by atoms with E-state index in [2.05, 4.69) is 28.4 Å². The van der Waals surface area contributed by atoms with Gasteiger partial charge in [0.05, 0.1) is 0 Å². The Morgan fingerprint density at radius 1 is 1.04 bits per heavy atom. The van der Waals surface area contributed by atoms with Gasteiger partial charge in [-0.25, -0.2) is 0 Å². The van der Waals surface area contributed by atoms with E-state index < -0.39 is 6.10 Å². The zero-order valence-electron chi connectivity index (χ0n) is 16.4. The smallest absolute Gasteiger partial charge is 0.261 e. The van der Waals surface area contributed by atoms with E-state index in [1.807, 2.05) is 37.3 Å². The van der Waals surface area contributed by atoms with Crippen LogP contribution in [0.1, 0.15) is 42.9 Å². The minimum Gasteiger partial charge on any atom is -0.481 e. The molecule has 1 aliphatic rings. The molecule has 1 unspecified atom stereocenters. The minimum absolute atomic E-state index is 0.0916. The largest absolute Gasteiger partial charge is 0.481 e. The zero-order valence-corrected chi connectivity index (χ0v) is 16.4. The summed E-state index contributed by atoms with van der Waals surface area (Å²) in [5, 5.41) is 3.03. The number of aryl methyl sites for hydroxylation is 1. The molecule has 1 atom stereocenters. The highest BCUT2D eigenvalue weighted by molar-refractivity contribution is 5.80. The fourth-order valence-corrected chi connectivity index (χ4v) is 3.50. The van der Waals surface area contributed by atoms with Crippen LogP contribution in [0.15, 0.2) is 48.5 Å². The SMILES string of the molecule is Cc1ccccc1OC(C)C(=O)NCc1ccccc1CN1CCCCC1. The number of carbonyl (C=O) groups is 1. The molecule has 0 spiro atoms. The summed E-state index contributed by atoms with van der Waals surface area (Å²) < 4.78 is 5.83. The fraction of sp³-hybridized carbons (Fsp3) is 0.435. The molecule has 1 aliphatic heterocycles. The summed E-state index contributed by atoms with van der Waals surface area (Å²) in [5.74, 6) is 0.664. The predicted octanol–water partition coefficient (Wildman–Crippen LogP) is 4.06. The van der Waals surface area contributed by atoms with Crippen molar-refractivity contribution in [3.8, 4) is 5.75 Å². The normalized spacial score (nSPS) is 15.9. The number of rotatable bonds is 7. The van der Waals surface area contributed by atoms with Crippen molar-refractivity contribution < 1.29 is 9.53 Å². The van der Waals surface area contributed by atoms with Gasteiger partial charge in [-0.05, 0) is 62.5 Å². The number of ether oxygens (including phenoxy) is 1. The van der Waals surface area contributed by atoms with Crippen LogP contribution >= 0.6 is 0 Å². The number of benzene rings is 2. The van der Waals surface area contributed by atoms with E-state index in [4.69, 9.17) is 4.74 Å². The second-order valence-corrected chi connectivity index (χ2v) is 7.35. The van der Waals surface area contributed by atoms with Crippen molar-refractivity contribution in [2.24, 2.45) is 0 Å². The molecule has 0 aromatic heterocycles. The Hall–Kier alpha value is -2.33. The molecule has 2 aromatic carbocycles. The first-order chi connectivity index (χ1) is 13.1. The van der Waals surface area contributed by atoms with Gasteiger partial charge in [0.1, 0.15) is 5.75 Å². The lowest BCUT2D eigenvalue weighted by molar-refractivity contribution is -0.127. The Morgan fingerprint density at radius 2 is 1.70 bits per heavy atom. The number of para-hydroxylation sites is 1. The Balaban J connectivity index is 1.56. The van der Waals surface area contributed by atoms with Gasteiger partial charge in [-0.15, -0.1) is 0 Å². The molecule has 0 saturated carbocycles. The first-order valence-electron chi connectivity index (χ1n) is 9.92. The van der Waals surface area contributed by atoms with Crippen LogP contribution in [0, 0.1) is 6.92 Å². The van der Waals surface area contributed by atoms with Gasteiger partial charge in [-0.3, -0.25) is 9.69 Å². The maximum absolute atomic E-state index is 12.5. The number of carbonyl (C=O) groups excluding carboxylic acids is 1. The van der Waals surface area contributed by atoms with Gasteiger partial charge in [0, 0.05) is 13.1 Å². The molecule has 1 fully saturated rings. The molecule has 0 bridgehead atoms. The number of nitrogens with zero attached hydrogens (tertiary/aromatic N) is 1. The third-order valence-electron chi connectivity index (χ3n) is 5.18. The molecule has 4 nitrogen and oxygen atoms in total. The second-order valence-electron chi connectivity index (χ2n) is 7.35. The quantitative estimate of drug-likeness (QED) is 0.803. The molecule has 1 amide bonds. The van der Waals surface area contributed by atoms with Crippen molar-refractivity contribution in [3.05, 3.63) is 65.2 Å². The lowest BCUT2D eigenvalue weighted by Crippen LogP contribution is -2.36. The van der Waals surface area contributed by atoms with E-state index in [0.29, 0.717) is 6.54 Å². The van der Waals surface area contributed by atoms with Crippen molar-refractivity contribution in [2.45, 2.75) is 52.3 Å². The molecular formula is C23H30N2O2. The van der Waals surface area contributed by atoms with E-state index in [0.717, 1.165) is 17.9 Å². The zero-order chi connectivity index (χ0) is 19.1. The molecule has 0 aliphatic carbocycles. The summed E-state index contributed by atoms with van der Waals surface area (Å²) >= 11 is 0. The van der Waals surface area contributed by atoms with Gasteiger partial charge in [0.2, 0.25) is 0 Å². The Kier molecular flexibility index (Phi) is 6.88. The standard InChI is InChI=1S/C23H30N2O2/c1-18-10-4-7-13-22(18)27-19(2)23(26)24-16-20-11-5-6-12-21(20)17-25-14-8-3-9-15-25/h4-7,10-13,19H,3,8-9,14-17H2,1-2H3,(H,24,26). The van der Waals surface area contributed by atoms with E-state index in [1.165, 1.54) is 43.5 Å². The van der Waals surface area contributed by atoms with Gasteiger partial charge in [-0.2, -0.15) is 0 Å². The highest BCUT2D eigenvalue weighted by Gasteiger charge is 2.17. The summed E-state index contributed by atoms with van der Waals surface area (Å²) in [6.07, 6.45) is 3.38. The van der Waals surface area contributed by atoms with Gasteiger partial charge >= 0.3 is 0 Å². The minimum atomic E-state index is -0.527. The number of likely N-dealkylation sites (tertiary alicyclic amines) is 1. The monoisotopic (exact) mass is 366 g/mol. The van der Waals surface area contributed by atoms with E-state index in [1.54, 1.807) is 6.92 Å². The highest BCUT2D eigenvalue weighted by Crippen LogP contribution is 2.18. The first-order valence-corrected chi connectivity index (χ1v) is 9.92. The van der Waals surface area contributed by atoms with Crippen molar-refractivity contribution in [1.82, 2.24) is 10.2 Å². The van der Waals surface area contributed by atoms with E-state index in [9.17, 15) is 4.79 Å². The maximum Gasteiger partial charge on any atom is 0.261 e. The lowest BCUT2D eigenvalue weighted by atomic mass is 10.0. The van der Waals surface area contributed by atoms with Crippen molar-refractivity contribution in [2.75, 3.05) is 13.1 Å². The van der Waals surface area contributed by atoms with Crippen LogP contribution in [0.25, 0.3) is 0 Å². The van der Waals surface area contributed by atoms with Crippen molar-refractivity contribution in [3.63, 3.8) is 0 Å². The van der Waals surface area contributed by atoms with Crippen molar-refractivity contribution in [1.29, 1.82) is 0 Å². The first kappa shape index (κ1) is 19.4. The molecule has 1 N–H and O–H groups in total. The predicted molar refractivity (Wildman–Crippen MR) is 109 cm³/mol. The maximum atomic E-state index is 12.5. The molecule has 27 heavy (non-hydrogen) atoms. The molecule has 3 rings (SSSR count). The van der Waals surface area contributed by atoms with Crippen molar-refractivity contribution >= 4 is 5.91 Å². The number of piperidine rings is 1. The molecule has 0 radical (unpaired) electrons. The van der Waals surface area contributed by atoms with E-state index in [-0.39, 0.29) is 5.91 Å². The Bertz CT molecular complexity index is 754. The molecule has 144 valence electrons. The molecule has 4 heteroatoms. The summed E-state index contributed by atoms with van der Waals surface area (Å²) in [5.41, 5.74) is 3.51. The van der Waals surface area contributed by atoms with Crippen LogP contribution in [0.2, 0.25) is 0 Å². The number of nitrogens with one attached hydrogen (secondary N) is 1. The number of hydrogen-bond acceptors (Lipinski definition) is 3. The van der Waals surface area contributed by atoms with Gasteiger partial charge in [0.15, 0.2) is 6.10 Å². The molecular weight excluding hydrogens is 336 g/mol. The van der Waals surface area contributed by atoms with Crippen LogP contribution in [-0.4, -0.2) is 30.0 Å². The Labute approximate surface area is 162 Å². The molecule has 1 saturated heterocycles. The summed E-state index contributed by atoms with van der Waals surface area (Å²) in [4.78, 5) is 15.0. The second kappa shape index (κ2) is 9.56. The van der Waals surface area contributed by atoms with Crippen LogP contribution in [0.3, 0.4) is 0 Å². The molecule has 2 aromatic rings. The molecule has 1 heterocycles. The topological polar surface area (TPSA) is 41.6 Å². The van der Waals surface area contributed by atoms with Crippen LogP contribution in [0.5, 0.6) is 5.75 Å². The third kappa shape index (κ3) is 5.57. The Morgan fingerprint density at radius 3 is 2.44 bits per heavy atom. The lowest BCUT2D eigenvalue weighted by Gasteiger charge is -2.27. The van der Waals surface area contributed by atoms with Crippen LogP contribution in [-0.2, 0) is 17.9 Å². The average molecular weight is 367 g/mol.